The Labute approximate surface area is 100 Å². The molecular weight excluding hydrogens is 200 g/mol. The minimum Gasteiger partial charge on any atom is -0.341 e. The smallest absolute Gasteiger partial charge is 0.239 e. The van der Waals surface area contributed by atoms with Crippen molar-refractivity contribution in [1.82, 2.24) is 4.90 Å². The zero-order valence-electron chi connectivity index (χ0n) is 11.5. The van der Waals surface area contributed by atoms with Crippen molar-refractivity contribution in [2.75, 3.05) is 13.1 Å². The zero-order valence-corrected chi connectivity index (χ0v) is 11.5. The van der Waals surface area contributed by atoms with Crippen LogP contribution in [0.25, 0.3) is 0 Å². The average molecular weight is 228 g/mol. The van der Waals surface area contributed by atoms with E-state index in [1.165, 1.54) is 0 Å². The average Bonchev–Trinajstić information content (AvgIpc) is 2.32. The molecule has 0 saturated carbocycles. The number of carbonyl (C=O) groups excluding carboxylic acids is 1. The molecule has 0 aliphatic carbocycles. The number of likely N-dealkylation sites (N-methyl/N-ethyl adjacent to an activating group) is 1. The minimum atomic E-state index is -0.339. The first-order valence-electron chi connectivity index (χ1n) is 6.52. The van der Waals surface area contributed by atoms with E-state index in [9.17, 15) is 4.79 Å². The van der Waals surface area contributed by atoms with Crippen LogP contribution in [0, 0.1) is 11.8 Å². The molecule has 3 heteroatoms. The van der Waals surface area contributed by atoms with Crippen LogP contribution >= 0.6 is 0 Å². The molecule has 1 amide bonds. The summed E-state index contributed by atoms with van der Waals surface area (Å²) < 4.78 is 0. The molecule has 0 bridgehead atoms. The van der Waals surface area contributed by atoms with Crippen LogP contribution in [0.5, 0.6) is 0 Å². The molecule has 0 spiro atoms. The molecule has 16 heavy (non-hydrogen) atoms. The second-order valence-corrected chi connectivity index (χ2v) is 4.80. The van der Waals surface area contributed by atoms with Crippen LogP contribution in [0.1, 0.15) is 47.5 Å². The SMILES string of the molecule is CCC(C)CN(CC)C(=O)[C@@H](N)C(C)CC. The van der Waals surface area contributed by atoms with Crippen LogP contribution in [0.2, 0.25) is 0 Å². The summed E-state index contributed by atoms with van der Waals surface area (Å²) >= 11 is 0. The van der Waals surface area contributed by atoms with Crippen LogP contribution < -0.4 is 5.73 Å². The van der Waals surface area contributed by atoms with Crippen molar-refractivity contribution in [1.29, 1.82) is 0 Å². The quantitative estimate of drug-likeness (QED) is 0.726. The molecule has 2 unspecified atom stereocenters. The van der Waals surface area contributed by atoms with Gasteiger partial charge >= 0.3 is 0 Å². The largest absolute Gasteiger partial charge is 0.341 e. The molecule has 0 aliphatic rings. The van der Waals surface area contributed by atoms with Crippen LogP contribution in [0.4, 0.5) is 0 Å². The van der Waals surface area contributed by atoms with Crippen molar-refractivity contribution >= 4 is 5.91 Å². The Kier molecular flexibility index (Phi) is 7.39. The topological polar surface area (TPSA) is 46.3 Å². The molecule has 0 saturated heterocycles. The number of carbonyl (C=O) groups is 1. The fourth-order valence-electron chi connectivity index (χ4n) is 1.59. The van der Waals surface area contributed by atoms with Crippen molar-refractivity contribution < 1.29 is 4.79 Å². The molecule has 96 valence electrons. The lowest BCUT2D eigenvalue weighted by atomic mass is 9.98. The lowest BCUT2D eigenvalue weighted by Gasteiger charge is -2.29. The van der Waals surface area contributed by atoms with Gasteiger partial charge in [0.1, 0.15) is 0 Å². The molecule has 0 aliphatic heterocycles. The second kappa shape index (κ2) is 7.66. The van der Waals surface area contributed by atoms with Crippen molar-refractivity contribution in [3.8, 4) is 0 Å². The molecule has 0 heterocycles. The maximum absolute atomic E-state index is 12.1. The summed E-state index contributed by atoms with van der Waals surface area (Å²) in [6.45, 7) is 12.0. The summed E-state index contributed by atoms with van der Waals surface area (Å²) in [5, 5.41) is 0. The van der Waals surface area contributed by atoms with Gasteiger partial charge in [-0.25, -0.2) is 0 Å². The number of hydrogen-bond acceptors (Lipinski definition) is 2. The van der Waals surface area contributed by atoms with E-state index in [2.05, 4.69) is 20.8 Å². The third-order valence-corrected chi connectivity index (χ3v) is 3.46. The highest BCUT2D eigenvalue weighted by molar-refractivity contribution is 5.81. The third-order valence-electron chi connectivity index (χ3n) is 3.46. The highest BCUT2D eigenvalue weighted by atomic mass is 16.2. The minimum absolute atomic E-state index is 0.108. The Morgan fingerprint density at radius 2 is 1.75 bits per heavy atom. The van der Waals surface area contributed by atoms with Crippen LogP contribution in [0.3, 0.4) is 0 Å². The van der Waals surface area contributed by atoms with E-state index in [0.717, 1.165) is 25.9 Å². The van der Waals surface area contributed by atoms with Gasteiger partial charge in [0.25, 0.3) is 0 Å². The third kappa shape index (κ3) is 4.52. The Hall–Kier alpha value is -0.570. The summed E-state index contributed by atoms with van der Waals surface area (Å²) in [7, 11) is 0. The highest BCUT2D eigenvalue weighted by Gasteiger charge is 2.24. The van der Waals surface area contributed by atoms with Crippen molar-refractivity contribution in [3.63, 3.8) is 0 Å². The van der Waals surface area contributed by atoms with Gasteiger partial charge in [0.15, 0.2) is 0 Å². The Balaban J connectivity index is 4.40. The summed E-state index contributed by atoms with van der Waals surface area (Å²) in [4.78, 5) is 14.0. The molecule has 0 aromatic carbocycles. The standard InChI is InChI=1S/C13H28N2O/c1-6-10(4)9-15(8-3)13(16)12(14)11(5)7-2/h10-12H,6-9,14H2,1-5H3/t10?,11?,12-/m0/s1. The normalized spacial score (nSPS) is 16.6. The van der Waals surface area contributed by atoms with E-state index >= 15 is 0 Å². The molecule has 3 atom stereocenters. The predicted molar refractivity (Wildman–Crippen MR) is 69.1 cm³/mol. The summed E-state index contributed by atoms with van der Waals surface area (Å²) in [6.07, 6.45) is 2.05. The van der Waals surface area contributed by atoms with Gasteiger partial charge in [-0.1, -0.05) is 40.5 Å². The van der Waals surface area contributed by atoms with Gasteiger partial charge in [-0.3, -0.25) is 4.79 Å². The molecule has 0 rings (SSSR count). The molecule has 0 fully saturated rings. The number of nitrogens with two attached hydrogens (primary N) is 1. The maximum atomic E-state index is 12.1. The fraction of sp³-hybridized carbons (Fsp3) is 0.923. The summed E-state index contributed by atoms with van der Waals surface area (Å²) in [5.74, 6) is 0.920. The predicted octanol–water partition coefficient (Wildman–Crippen LogP) is 2.25. The number of rotatable bonds is 7. The Bertz CT molecular complexity index is 206. The van der Waals surface area contributed by atoms with E-state index in [1.54, 1.807) is 0 Å². The Morgan fingerprint density at radius 1 is 1.19 bits per heavy atom. The number of hydrogen-bond donors (Lipinski definition) is 1. The summed E-state index contributed by atoms with van der Waals surface area (Å²) in [5.41, 5.74) is 5.97. The van der Waals surface area contributed by atoms with E-state index in [0.29, 0.717) is 5.92 Å². The van der Waals surface area contributed by atoms with E-state index < -0.39 is 0 Å². The van der Waals surface area contributed by atoms with Crippen molar-refractivity contribution in [3.05, 3.63) is 0 Å². The van der Waals surface area contributed by atoms with Crippen molar-refractivity contribution in [2.24, 2.45) is 17.6 Å². The first-order chi connectivity index (χ1) is 7.47. The van der Waals surface area contributed by atoms with Gasteiger partial charge in [-0.15, -0.1) is 0 Å². The molecule has 2 N–H and O–H groups in total. The lowest BCUT2D eigenvalue weighted by Crippen LogP contribution is -2.48. The van der Waals surface area contributed by atoms with Gasteiger partial charge in [-0.2, -0.15) is 0 Å². The van der Waals surface area contributed by atoms with Crippen LogP contribution in [0.15, 0.2) is 0 Å². The van der Waals surface area contributed by atoms with Gasteiger partial charge in [-0.05, 0) is 18.8 Å². The monoisotopic (exact) mass is 228 g/mol. The van der Waals surface area contributed by atoms with E-state index in [-0.39, 0.29) is 17.9 Å². The van der Waals surface area contributed by atoms with Crippen LogP contribution in [-0.2, 0) is 4.79 Å². The van der Waals surface area contributed by atoms with Crippen molar-refractivity contribution in [2.45, 2.75) is 53.5 Å². The van der Waals surface area contributed by atoms with Gasteiger partial charge in [0.2, 0.25) is 5.91 Å². The number of amides is 1. The Morgan fingerprint density at radius 3 is 2.12 bits per heavy atom. The van der Waals surface area contributed by atoms with Gasteiger partial charge < -0.3 is 10.6 Å². The second-order valence-electron chi connectivity index (χ2n) is 4.80. The maximum Gasteiger partial charge on any atom is 0.239 e. The first-order valence-corrected chi connectivity index (χ1v) is 6.52. The lowest BCUT2D eigenvalue weighted by molar-refractivity contribution is -0.134. The van der Waals surface area contributed by atoms with Gasteiger partial charge in [0, 0.05) is 13.1 Å². The number of nitrogens with zero attached hydrogens (tertiary/aromatic N) is 1. The summed E-state index contributed by atoms with van der Waals surface area (Å²) in [6, 6.07) is -0.339. The molecular formula is C13H28N2O. The molecule has 3 nitrogen and oxygen atoms in total. The highest BCUT2D eigenvalue weighted by Crippen LogP contribution is 2.11. The molecule has 0 aromatic rings. The van der Waals surface area contributed by atoms with E-state index in [4.69, 9.17) is 5.73 Å². The van der Waals surface area contributed by atoms with E-state index in [1.807, 2.05) is 18.7 Å². The first kappa shape index (κ1) is 15.4. The van der Waals surface area contributed by atoms with Crippen LogP contribution in [-0.4, -0.2) is 29.9 Å². The molecule has 0 radical (unpaired) electrons. The fourth-order valence-corrected chi connectivity index (χ4v) is 1.59. The molecule has 0 aromatic heterocycles. The van der Waals surface area contributed by atoms with Gasteiger partial charge in [0.05, 0.1) is 6.04 Å². The zero-order chi connectivity index (χ0) is 12.7.